The minimum absolute atomic E-state index is 0.0881. The number of halogens is 1. The molecule has 1 aromatic heterocycles. The summed E-state index contributed by atoms with van der Waals surface area (Å²) in [5.74, 6) is 0.537. The van der Waals surface area contributed by atoms with Crippen LogP contribution in [0.5, 0.6) is 5.75 Å². The SMILES string of the molecule is CCn1c(=O)c2ccccc2n(CC(=O)N2CCN(CCOc3ccccc3Cl)CC2)c1=O. The molecule has 4 rings (SSSR count). The summed E-state index contributed by atoms with van der Waals surface area (Å²) in [6.07, 6.45) is 0. The van der Waals surface area contributed by atoms with Crippen LogP contribution in [0.4, 0.5) is 0 Å². The molecule has 2 aromatic carbocycles. The molecule has 1 fully saturated rings. The van der Waals surface area contributed by atoms with Gasteiger partial charge in [-0.25, -0.2) is 4.79 Å². The van der Waals surface area contributed by atoms with Crippen molar-refractivity contribution in [3.8, 4) is 5.75 Å². The highest BCUT2D eigenvalue weighted by Gasteiger charge is 2.23. The van der Waals surface area contributed by atoms with E-state index in [1.54, 1.807) is 42.2 Å². The monoisotopic (exact) mass is 470 g/mol. The number of carbonyl (C=O) groups excluding carboxylic acids is 1. The van der Waals surface area contributed by atoms with Crippen molar-refractivity contribution in [2.75, 3.05) is 39.3 Å². The van der Waals surface area contributed by atoms with Crippen LogP contribution in [0.1, 0.15) is 6.92 Å². The number of ether oxygens (including phenoxy) is 1. The second-order valence-electron chi connectivity index (χ2n) is 7.94. The molecule has 9 heteroatoms. The molecule has 174 valence electrons. The number of hydrogen-bond donors (Lipinski definition) is 0. The minimum Gasteiger partial charge on any atom is -0.491 e. The van der Waals surface area contributed by atoms with E-state index in [-0.39, 0.29) is 24.6 Å². The normalized spacial score (nSPS) is 14.5. The fraction of sp³-hybridized carbons (Fsp3) is 0.375. The Kier molecular flexibility index (Phi) is 7.15. The van der Waals surface area contributed by atoms with Crippen molar-refractivity contribution < 1.29 is 9.53 Å². The summed E-state index contributed by atoms with van der Waals surface area (Å²) in [4.78, 5) is 42.5. The molecule has 33 heavy (non-hydrogen) atoms. The van der Waals surface area contributed by atoms with E-state index in [1.807, 2.05) is 18.2 Å². The fourth-order valence-corrected chi connectivity index (χ4v) is 4.30. The van der Waals surface area contributed by atoms with Crippen molar-refractivity contribution in [2.45, 2.75) is 20.0 Å². The Morgan fingerprint density at radius 3 is 2.39 bits per heavy atom. The Hall–Kier alpha value is -3.10. The first-order valence-electron chi connectivity index (χ1n) is 11.1. The van der Waals surface area contributed by atoms with E-state index >= 15 is 0 Å². The number of amides is 1. The highest BCUT2D eigenvalue weighted by molar-refractivity contribution is 6.32. The van der Waals surface area contributed by atoms with Gasteiger partial charge in [0, 0.05) is 39.3 Å². The zero-order valence-electron chi connectivity index (χ0n) is 18.6. The van der Waals surface area contributed by atoms with Crippen molar-refractivity contribution in [3.63, 3.8) is 0 Å². The van der Waals surface area contributed by atoms with Crippen LogP contribution in [-0.2, 0) is 17.9 Å². The van der Waals surface area contributed by atoms with E-state index in [0.717, 1.165) is 19.6 Å². The number of piperazine rings is 1. The van der Waals surface area contributed by atoms with Gasteiger partial charge in [0.05, 0.1) is 15.9 Å². The van der Waals surface area contributed by atoms with E-state index in [4.69, 9.17) is 16.3 Å². The van der Waals surface area contributed by atoms with Crippen molar-refractivity contribution in [2.24, 2.45) is 0 Å². The third-order valence-electron chi connectivity index (χ3n) is 5.97. The molecule has 0 N–H and O–H groups in total. The molecule has 1 aliphatic rings. The molecule has 1 saturated heterocycles. The number of fused-ring (bicyclic) bond motifs is 1. The summed E-state index contributed by atoms with van der Waals surface area (Å²) in [6.45, 7) is 5.76. The van der Waals surface area contributed by atoms with Crippen LogP contribution in [-0.4, -0.2) is 64.2 Å². The van der Waals surface area contributed by atoms with Crippen LogP contribution in [0.3, 0.4) is 0 Å². The van der Waals surface area contributed by atoms with Gasteiger partial charge in [-0.2, -0.15) is 0 Å². The standard InChI is InChI=1S/C24H27ClN4O4/c1-2-28-23(31)18-7-3-5-9-20(18)29(24(28)32)17-22(30)27-13-11-26(12-14-27)15-16-33-21-10-6-4-8-19(21)25/h3-10H,2,11-17H2,1H3. The maximum atomic E-state index is 13.0. The van der Waals surface area contributed by atoms with Crippen molar-refractivity contribution in [1.29, 1.82) is 0 Å². The Labute approximate surface area is 196 Å². The lowest BCUT2D eigenvalue weighted by Crippen LogP contribution is -2.51. The van der Waals surface area contributed by atoms with Crippen LogP contribution >= 0.6 is 11.6 Å². The first-order chi connectivity index (χ1) is 16.0. The Balaban J connectivity index is 1.37. The van der Waals surface area contributed by atoms with Gasteiger partial charge in [0.2, 0.25) is 5.91 Å². The number of nitrogens with zero attached hydrogens (tertiary/aromatic N) is 4. The Morgan fingerprint density at radius 1 is 0.970 bits per heavy atom. The number of para-hydroxylation sites is 2. The predicted octanol–water partition coefficient (Wildman–Crippen LogP) is 2.06. The van der Waals surface area contributed by atoms with Gasteiger partial charge >= 0.3 is 5.69 Å². The molecule has 2 heterocycles. The molecule has 0 unspecified atom stereocenters. The van der Waals surface area contributed by atoms with Gasteiger partial charge in [-0.3, -0.25) is 23.6 Å². The third-order valence-corrected chi connectivity index (χ3v) is 6.28. The third kappa shape index (κ3) is 4.96. The van der Waals surface area contributed by atoms with Crippen molar-refractivity contribution in [3.05, 3.63) is 74.4 Å². The number of benzene rings is 2. The molecule has 0 bridgehead atoms. The van der Waals surface area contributed by atoms with E-state index in [1.165, 1.54) is 9.13 Å². The molecule has 0 aliphatic carbocycles. The summed E-state index contributed by atoms with van der Waals surface area (Å²) in [5, 5.41) is 1.03. The highest BCUT2D eigenvalue weighted by atomic mass is 35.5. The van der Waals surface area contributed by atoms with Gasteiger partial charge in [0.25, 0.3) is 5.56 Å². The predicted molar refractivity (Wildman–Crippen MR) is 128 cm³/mol. The van der Waals surface area contributed by atoms with Gasteiger partial charge in [0.15, 0.2) is 0 Å². The quantitative estimate of drug-likeness (QED) is 0.528. The largest absolute Gasteiger partial charge is 0.491 e. The molecule has 8 nitrogen and oxygen atoms in total. The summed E-state index contributed by atoms with van der Waals surface area (Å²) in [7, 11) is 0. The molecular formula is C24H27ClN4O4. The molecule has 1 aliphatic heterocycles. The lowest BCUT2D eigenvalue weighted by molar-refractivity contribution is -0.133. The van der Waals surface area contributed by atoms with Crippen LogP contribution in [0.15, 0.2) is 58.1 Å². The Bertz CT molecular complexity index is 1260. The van der Waals surface area contributed by atoms with Gasteiger partial charge in [-0.15, -0.1) is 0 Å². The first-order valence-corrected chi connectivity index (χ1v) is 11.5. The highest BCUT2D eigenvalue weighted by Crippen LogP contribution is 2.23. The van der Waals surface area contributed by atoms with Gasteiger partial charge < -0.3 is 9.64 Å². The van der Waals surface area contributed by atoms with E-state index in [2.05, 4.69) is 4.90 Å². The number of rotatable bonds is 7. The van der Waals surface area contributed by atoms with E-state index < -0.39 is 5.69 Å². The molecule has 0 saturated carbocycles. The number of hydrogen-bond acceptors (Lipinski definition) is 5. The average molecular weight is 471 g/mol. The Morgan fingerprint density at radius 2 is 1.67 bits per heavy atom. The summed E-state index contributed by atoms with van der Waals surface area (Å²) >= 11 is 6.12. The van der Waals surface area contributed by atoms with Gasteiger partial charge in [0.1, 0.15) is 18.9 Å². The first kappa shape index (κ1) is 23.1. The molecule has 0 spiro atoms. The lowest BCUT2D eigenvalue weighted by Gasteiger charge is -2.34. The second-order valence-corrected chi connectivity index (χ2v) is 8.34. The van der Waals surface area contributed by atoms with E-state index in [0.29, 0.717) is 41.4 Å². The smallest absolute Gasteiger partial charge is 0.331 e. The number of carbonyl (C=O) groups is 1. The summed E-state index contributed by atoms with van der Waals surface area (Å²) in [6, 6.07) is 14.3. The molecular weight excluding hydrogens is 444 g/mol. The van der Waals surface area contributed by atoms with Crippen LogP contribution < -0.4 is 16.0 Å². The van der Waals surface area contributed by atoms with Crippen LogP contribution in [0, 0.1) is 0 Å². The topological polar surface area (TPSA) is 76.8 Å². The molecule has 3 aromatic rings. The molecule has 0 atom stereocenters. The zero-order valence-corrected chi connectivity index (χ0v) is 19.3. The second kappa shape index (κ2) is 10.2. The van der Waals surface area contributed by atoms with Gasteiger partial charge in [-0.1, -0.05) is 35.9 Å². The fourth-order valence-electron chi connectivity index (χ4n) is 4.11. The van der Waals surface area contributed by atoms with Crippen molar-refractivity contribution in [1.82, 2.24) is 18.9 Å². The van der Waals surface area contributed by atoms with Gasteiger partial charge in [-0.05, 0) is 31.2 Å². The maximum Gasteiger partial charge on any atom is 0.331 e. The number of aromatic nitrogens is 2. The minimum atomic E-state index is -0.454. The summed E-state index contributed by atoms with van der Waals surface area (Å²) in [5.41, 5.74) is -0.291. The van der Waals surface area contributed by atoms with E-state index in [9.17, 15) is 14.4 Å². The molecule has 1 amide bonds. The van der Waals surface area contributed by atoms with Crippen LogP contribution in [0.2, 0.25) is 5.02 Å². The zero-order chi connectivity index (χ0) is 23.4. The average Bonchev–Trinajstić information content (AvgIpc) is 2.83. The summed E-state index contributed by atoms with van der Waals surface area (Å²) < 4.78 is 8.34. The lowest BCUT2D eigenvalue weighted by atomic mass is 10.2. The van der Waals surface area contributed by atoms with Crippen molar-refractivity contribution >= 4 is 28.4 Å². The van der Waals surface area contributed by atoms with Crippen LogP contribution in [0.25, 0.3) is 10.9 Å². The maximum absolute atomic E-state index is 13.0. The molecule has 0 radical (unpaired) electrons.